The summed E-state index contributed by atoms with van der Waals surface area (Å²) in [6.45, 7) is 10.2. The molecule has 0 aromatic carbocycles. The molecule has 25 heavy (non-hydrogen) atoms. The van der Waals surface area contributed by atoms with Crippen LogP contribution in [0.25, 0.3) is 21.6 Å². The number of amides is 1. The lowest BCUT2D eigenvalue weighted by atomic mass is 10.1. The first-order valence-corrected chi connectivity index (χ1v) is 9.33. The molecule has 0 aliphatic carbocycles. The van der Waals surface area contributed by atoms with Crippen LogP contribution in [0.1, 0.15) is 49.0 Å². The number of pyridine rings is 1. The SMILES string of the molecule is Cc1ccc(-c2cc(C(=O)N(C)C(C)C)c3cnn(C(C)C)c3n2)s1. The van der Waals surface area contributed by atoms with Crippen molar-refractivity contribution in [3.63, 3.8) is 0 Å². The van der Waals surface area contributed by atoms with E-state index < -0.39 is 0 Å². The van der Waals surface area contributed by atoms with E-state index in [2.05, 4.69) is 38.0 Å². The fourth-order valence-electron chi connectivity index (χ4n) is 2.70. The van der Waals surface area contributed by atoms with E-state index in [0.29, 0.717) is 5.56 Å². The molecule has 0 spiro atoms. The van der Waals surface area contributed by atoms with Crippen LogP contribution >= 0.6 is 11.3 Å². The van der Waals surface area contributed by atoms with E-state index in [1.165, 1.54) is 4.88 Å². The summed E-state index contributed by atoms with van der Waals surface area (Å²) in [5.74, 6) is 0.000217. The molecule has 3 aromatic heterocycles. The zero-order valence-electron chi connectivity index (χ0n) is 15.6. The largest absolute Gasteiger partial charge is 0.339 e. The topological polar surface area (TPSA) is 51.0 Å². The van der Waals surface area contributed by atoms with Crippen LogP contribution < -0.4 is 0 Å². The molecule has 0 saturated carbocycles. The van der Waals surface area contributed by atoms with Gasteiger partial charge in [0.05, 0.1) is 27.7 Å². The molecule has 0 fully saturated rings. The molecule has 0 radical (unpaired) electrons. The average molecular weight is 356 g/mol. The second kappa shape index (κ2) is 6.59. The van der Waals surface area contributed by atoms with Gasteiger partial charge >= 0.3 is 0 Å². The van der Waals surface area contributed by atoms with Crippen LogP contribution in [-0.2, 0) is 0 Å². The highest BCUT2D eigenvalue weighted by Crippen LogP contribution is 2.31. The standard InChI is InChI=1S/C19H24N4OS/c1-11(2)22(6)19(24)14-9-16(17-8-7-13(5)25-17)21-18-15(14)10-20-23(18)12(3)4/h7-12H,1-6H3. The summed E-state index contributed by atoms with van der Waals surface area (Å²) in [5.41, 5.74) is 2.25. The minimum absolute atomic E-state index is 0.000217. The number of nitrogens with zero attached hydrogens (tertiary/aromatic N) is 4. The molecule has 0 saturated heterocycles. The molecule has 0 aliphatic rings. The first-order chi connectivity index (χ1) is 11.8. The van der Waals surface area contributed by atoms with Gasteiger partial charge in [-0.05, 0) is 52.8 Å². The maximum absolute atomic E-state index is 13.0. The monoisotopic (exact) mass is 356 g/mol. The molecule has 1 amide bonds. The number of hydrogen-bond donors (Lipinski definition) is 0. The molecular formula is C19H24N4OS. The number of carbonyl (C=O) groups is 1. The molecule has 0 atom stereocenters. The Bertz CT molecular complexity index is 923. The van der Waals surface area contributed by atoms with Gasteiger partial charge in [0.25, 0.3) is 5.91 Å². The van der Waals surface area contributed by atoms with Crippen LogP contribution in [0.3, 0.4) is 0 Å². The van der Waals surface area contributed by atoms with E-state index in [0.717, 1.165) is 21.6 Å². The second-order valence-corrected chi connectivity index (χ2v) is 8.18. The van der Waals surface area contributed by atoms with Crippen molar-refractivity contribution in [3.05, 3.63) is 34.8 Å². The van der Waals surface area contributed by atoms with Gasteiger partial charge in [-0.3, -0.25) is 4.79 Å². The van der Waals surface area contributed by atoms with Crippen molar-refractivity contribution in [2.75, 3.05) is 7.05 Å². The van der Waals surface area contributed by atoms with Gasteiger partial charge in [-0.15, -0.1) is 11.3 Å². The number of aryl methyl sites for hydroxylation is 1. The van der Waals surface area contributed by atoms with Gasteiger partial charge in [0, 0.05) is 24.0 Å². The van der Waals surface area contributed by atoms with Crippen LogP contribution in [0, 0.1) is 6.92 Å². The Labute approximate surface area is 152 Å². The number of carbonyl (C=O) groups excluding carboxylic acids is 1. The van der Waals surface area contributed by atoms with E-state index in [1.54, 1.807) is 22.4 Å². The predicted molar refractivity (Wildman–Crippen MR) is 103 cm³/mol. The molecule has 0 N–H and O–H groups in total. The molecule has 0 aliphatic heterocycles. The Morgan fingerprint density at radius 1 is 1.24 bits per heavy atom. The van der Waals surface area contributed by atoms with Crippen molar-refractivity contribution in [1.29, 1.82) is 0 Å². The summed E-state index contributed by atoms with van der Waals surface area (Å²) in [4.78, 5) is 21.9. The Morgan fingerprint density at radius 2 is 1.96 bits per heavy atom. The Morgan fingerprint density at radius 3 is 2.52 bits per heavy atom. The van der Waals surface area contributed by atoms with Crippen molar-refractivity contribution >= 4 is 28.3 Å². The zero-order valence-corrected chi connectivity index (χ0v) is 16.4. The lowest BCUT2D eigenvalue weighted by Gasteiger charge is -2.22. The van der Waals surface area contributed by atoms with Gasteiger partial charge in [0.15, 0.2) is 5.65 Å². The maximum Gasteiger partial charge on any atom is 0.254 e. The van der Waals surface area contributed by atoms with E-state index >= 15 is 0 Å². The molecule has 0 bridgehead atoms. The van der Waals surface area contributed by atoms with Crippen molar-refractivity contribution in [2.24, 2.45) is 0 Å². The third-order valence-corrected chi connectivity index (χ3v) is 5.40. The third-order valence-electron chi connectivity index (χ3n) is 4.37. The fraction of sp³-hybridized carbons (Fsp3) is 0.421. The number of hydrogen-bond acceptors (Lipinski definition) is 4. The second-order valence-electron chi connectivity index (χ2n) is 6.90. The van der Waals surface area contributed by atoms with Crippen molar-refractivity contribution in [3.8, 4) is 10.6 Å². The van der Waals surface area contributed by atoms with Crippen LogP contribution in [-0.4, -0.2) is 38.7 Å². The highest BCUT2D eigenvalue weighted by molar-refractivity contribution is 7.15. The summed E-state index contributed by atoms with van der Waals surface area (Å²) in [6.07, 6.45) is 1.76. The number of rotatable bonds is 4. The molecular weight excluding hydrogens is 332 g/mol. The first kappa shape index (κ1) is 17.6. The smallest absolute Gasteiger partial charge is 0.254 e. The minimum Gasteiger partial charge on any atom is -0.339 e. The number of aromatic nitrogens is 3. The zero-order chi connectivity index (χ0) is 18.3. The maximum atomic E-state index is 13.0. The number of thiophene rings is 1. The molecule has 0 unspecified atom stereocenters. The first-order valence-electron chi connectivity index (χ1n) is 8.51. The molecule has 5 nitrogen and oxygen atoms in total. The summed E-state index contributed by atoms with van der Waals surface area (Å²) >= 11 is 1.68. The molecule has 132 valence electrons. The summed E-state index contributed by atoms with van der Waals surface area (Å²) in [5, 5.41) is 5.28. The van der Waals surface area contributed by atoms with Crippen LogP contribution in [0.2, 0.25) is 0 Å². The number of fused-ring (bicyclic) bond motifs is 1. The van der Waals surface area contributed by atoms with Crippen molar-refractivity contribution in [1.82, 2.24) is 19.7 Å². The fourth-order valence-corrected chi connectivity index (χ4v) is 3.52. The summed E-state index contributed by atoms with van der Waals surface area (Å²) in [6, 6.07) is 6.35. The third kappa shape index (κ3) is 3.18. The van der Waals surface area contributed by atoms with Gasteiger partial charge in [-0.1, -0.05) is 0 Å². The van der Waals surface area contributed by atoms with E-state index in [4.69, 9.17) is 4.98 Å². The lowest BCUT2D eigenvalue weighted by molar-refractivity contribution is 0.0757. The van der Waals surface area contributed by atoms with Crippen LogP contribution in [0.4, 0.5) is 0 Å². The van der Waals surface area contributed by atoms with Crippen molar-refractivity contribution < 1.29 is 4.79 Å². The average Bonchev–Trinajstić information content (AvgIpc) is 3.18. The van der Waals surface area contributed by atoms with Crippen LogP contribution in [0.5, 0.6) is 0 Å². The van der Waals surface area contributed by atoms with Gasteiger partial charge in [0.2, 0.25) is 0 Å². The van der Waals surface area contributed by atoms with Gasteiger partial charge in [-0.2, -0.15) is 5.10 Å². The summed E-state index contributed by atoms with van der Waals surface area (Å²) in [7, 11) is 1.83. The van der Waals surface area contributed by atoms with E-state index in [9.17, 15) is 4.79 Å². The van der Waals surface area contributed by atoms with Gasteiger partial charge in [-0.25, -0.2) is 9.67 Å². The van der Waals surface area contributed by atoms with Crippen molar-refractivity contribution in [2.45, 2.75) is 46.7 Å². The van der Waals surface area contributed by atoms with E-state index in [-0.39, 0.29) is 18.0 Å². The highest BCUT2D eigenvalue weighted by Gasteiger charge is 2.22. The Hall–Kier alpha value is -2.21. The van der Waals surface area contributed by atoms with Gasteiger partial charge in [0.1, 0.15) is 0 Å². The quantitative estimate of drug-likeness (QED) is 0.690. The lowest BCUT2D eigenvalue weighted by Crippen LogP contribution is -2.33. The predicted octanol–water partition coefficient (Wildman–Crippen LogP) is 4.53. The Balaban J connectivity index is 2.25. The minimum atomic E-state index is 0.000217. The van der Waals surface area contributed by atoms with Gasteiger partial charge < -0.3 is 4.90 Å². The highest BCUT2D eigenvalue weighted by atomic mass is 32.1. The molecule has 3 rings (SSSR count). The normalized spacial score (nSPS) is 11.7. The molecule has 6 heteroatoms. The molecule has 3 aromatic rings. The molecule has 3 heterocycles. The van der Waals surface area contributed by atoms with Crippen LogP contribution in [0.15, 0.2) is 24.4 Å². The summed E-state index contributed by atoms with van der Waals surface area (Å²) < 4.78 is 1.88. The van der Waals surface area contributed by atoms with E-state index in [1.807, 2.05) is 31.6 Å². The Kier molecular flexibility index (Phi) is 4.64.